The van der Waals surface area contributed by atoms with Crippen molar-refractivity contribution in [2.75, 3.05) is 17.7 Å². The Labute approximate surface area is 107 Å². The molecule has 0 aliphatic carbocycles. The molecule has 94 valence electrons. The van der Waals surface area contributed by atoms with Crippen LogP contribution in [0, 0.1) is 19.7 Å². The van der Waals surface area contributed by atoms with Crippen LogP contribution in [0.2, 0.25) is 0 Å². The lowest BCUT2D eigenvalue weighted by atomic mass is 10.1. The second kappa shape index (κ2) is 4.69. The van der Waals surface area contributed by atoms with Crippen molar-refractivity contribution in [3.8, 4) is 0 Å². The number of benzene rings is 2. The highest BCUT2D eigenvalue weighted by atomic mass is 19.1. The van der Waals surface area contributed by atoms with Gasteiger partial charge in [-0.3, -0.25) is 0 Å². The van der Waals surface area contributed by atoms with Gasteiger partial charge in [0, 0.05) is 12.7 Å². The van der Waals surface area contributed by atoms with Gasteiger partial charge in [0.2, 0.25) is 0 Å². The van der Waals surface area contributed by atoms with E-state index >= 15 is 0 Å². The molecule has 0 heterocycles. The van der Waals surface area contributed by atoms with Gasteiger partial charge in [0.1, 0.15) is 5.82 Å². The lowest BCUT2D eigenvalue weighted by Gasteiger charge is -2.22. The molecule has 0 atom stereocenters. The molecule has 3 heteroatoms. The molecule has 2 aromatic rings. The Kier molecular flexibility index (Phi) is 3.24. The molecule has 0 saturated heterocycles. The predicted octanol–water partition coefficient (Wildman–Crippen LogP) is 3.79. The van der Waals surface area contributed by atoms with Gasteiger partial charge in [-0.25, -0.2) is 4.39 Å². The first-order valence-corrected chi connectivity index (χ1v) is 5.85. The Bertz CT molecular complexity index is 561. The van der Waals surface area contributed by atoms with Crippen LogP contribution in [0.5, 0.6) is 0 Å². The normalized spacial score (nSPS) is 10.4. The van der Waals surface area contributed by atoms with E-state index in [1.165, 1.54) is 23.3 Å². The number of halogens is 1. The number of hydrogen-bond acceptors (Lipinski definition) is 2. The van der Waals surface area contributed by atoms with E-state index in [0.717, 1.165) is 17.1 Å². The zero-order valence-electron chi connectivity index (χ0n) is 10.9. The molecule has 0 fully saturated rings. The quantitative estimate of drug-likeness (QED) is 0.814. The fourth-order valence-electron chi connectivity index (χ4n) is 1.92. The fraction of sp³-hybridized carbons (Fsp3) is 0.200. The van der Waals surface area contributed by atoms with E-state index in [0.29, 0.717) is 0 Å². The van der Waals surface area contributed by atoms with Crippen LogP contribution in [0.1, 0.15) is 11.1 Å². The number of hydrogen-bond donors (Lipinski definition) is 1. The average Bonchev–Trinajstić information content (AvgIpc) is 2.34. The summed E-state index contributed by atoms with van der Waals surface area (Å²) < 4.78 is 12.9. The highest BCUT2D eigenvalue weighted by Crippen LogP contribution is 2.31. The number of anilines is 3. The molecule has 0 saturated carbocycles. The molecule has 2 N–H and O–H groups in total. The van der Waals surface area contributed by atoms with Crippen molar-refractivity contribution < 1.29 is 4.39 Å². The number of aryl methyl sites for hydroxylation is 2. The molecular formula is C15H17FN2. The maximum absolute atomic E-state index is 12.9. The molecule has 2 rings (SSSR count). The maximum atomic E-state index is 12.9. The van der Waals surface area contributed by atoms with Crippen molar-refractivity contribution >= 4 is 17.1 Å². The molecule has 0 radical (unpaired) electrons. The summed E-state index contributed by atoms with van der Waals surface area (Å²) in [6.45, 7) is 4.09. The second-order valence-corrected chi connectivity index (χ2v) is 4.53. The monoisotopic (exact) mass is 244 g/mol. The summed E-state index contributed by atoms with van der Waals surface area (Å²) in [6, 6.07) is 10.4. The molecular weight excluding hydrogens is 227 g/mol. The van der Waals surface area contributed by atoms with Crippen molar-refractivity contribution in [3.63, 3.8) is 0 Å². The molecule has 0 unspecified atom stereocenters. The van der Waals surface area contributed by atoms with E-state index in [1.807, 2.05) is 31.0 Å². The molecule has 0 aliphatic rings. The smallest absolute Gasteiger partial charge is 0.123 e. The third-order valence-electron chi connectivity index (χ3n) is 3.22. The van der Waals surface area contributed by atoms with Gasteiger partial charge < -0.3 is 10.6 Å². The zero-order chi connectivity index (χ0) is 13.3. The van der Waals surface area contributed by atoms with Crippen molar-refractivity contribution in [3.05, 3.63) is 53.3 Å². The minimum Gasteiger partial charge on any atom is -0.397 e. The third-order valence-corrected chi connectivity index (χ3v) is 3.22. The molecule has 2 aromatic carbocycles. The summed E-state index contributed by atoms with van der Waals surface area (Å²) in [5.41, 5.74) is 11.0. The number of nitrogens with zero attached hydrogens (tertiary/aromatic N) is 1. The minimum absolute atomic E-state index is 0.236. The molecule has 0 aliphatic heterocycles. The Morgan fingerprint density at radius 1 is 1.00 bits per heavy atom. The van der Waals surface area contributed by atoms with Gasteiger partial charge in [0.15, 0.2) is 0 Å². The van der Waals surface area contributed by atoms with Crippen LogP contribution in [0.25, 0.3) is 0 Å². The van der Waals surface area contributed by atoms with Crippen LogP contribution in [0.4, 0.5) is 21.5 Å². The molecule has 0 spiro atoms. The maximum Gasteiger partial charge on any atom is 0.123 e. The number of nitrogens with two attached hydrogens (primary N) is 1. The van der Waals surface area contributed by atoms with Gasteiger partial charge >= 0.3 is 0 Å². The molecule has 0 amide bonds. The second-order valence-electron chi connectivity index (χ2n) is 4.53. The Morgan fingerprint density at radius 3 is 2.17 bits per heavy atom. The fourth-order valence-corrected chi connectivity index (χ4v) is 1.92. The van der Waals surface area contributed by atoms with Crippen LogP contribution >= 0.6 is 0 Å². The molecule has 0 bridgehead atoms. The Hall–Kier alpha value is -2.03. The van der Waals surface area contributed by atoms with E-state index in [-0.39, 0.29) is 5.82 Å². The lowest BCUT2D eigenvalue weighted by molar-refractivity contribution is 0.628. The van der Waals surface area contributed by atoms with Crippen molar-refractivity contribution in [1.82, 2.24) is 0 Å². The summed E-state index contributed by atoms with van der Waals surface area (Å²) in [6.07, 6.45) is 0. The van der Waals surface area contributed by atoms with E-state index in [1.54, 1.807) is 12.1 Å². The van der Waals surface area contributed by atoms with Crippen molar-refractivity contribution in [2.45, 2.75) is 13.8 Å². The average molecular weight is 244 g/mol. The van der Waals surface area contributed by atoms with Crippen LogP contribution in [-0.2, 0) is 0 Å². The van der Waals surface area contributed by atoms with Gasteiger partial charge in [-0.2, -0.15) is 0 Å². The zero-order valence-corrected chi connectivity index (χ0v) is 10.9. The third kappa shape index (κ3) is 2.30. The standard InChI is InChI=1S/C15H17FN2/c1-10-8-14(17)15(9-11(10)2)18(3)13-6-4-12(16)5-7-13/h4-9H,17H2,1-3H3. The van der Waals surface area contributed by atoms with Crippen LogP contribution in [0.15, 0.2) is 36.4 Å². The Balaban J connectivity index is 2.42. The summed E-state index contributed by atoms with van der Waals surface area (Å²) in [5, 5.41) is 0. The van der Waals surface area contributed by atoms with Crippen LogP contribution in [0.3, 0.4) is 0 Å². The van der Waals surface area contributed by atoms with Gasteiger partial charge in [0.25, 0.3) is 0 Å². The number of nitrogen functional groups attached to an aromatic ring is 1. The summed E-state index contributed by atoms with van der Waals surface area (Å²) in [7, 11) is 1.92. The van der Waals surface area contributed by atoms with Gasteiger partial charge in [-0.15, -0.1) is 0 Å². The number of rotatable bonds is 2. The SMILES string of the molecule is Cc1cc(N)c(N(C)c2ccc(F)cc2)cc1C. The van der Waals surface area contributed by atoms with Crippen LogP contribution < -0.4 is 10.6 Å². The predicted molar refractivity (Wildman–Crippen MR) is 74.8 cm³/mol. The van der Waals surface area contributed by atoms with Crippen LogP contribution in [-0.4, -0.2) is 7.05 Å². The first-order chi connectivity index (χ1) is 8.49. The molecule has 18 heavy (non-hydrogen) atoms. The van der Waals surface area contributed by atoms with E-state index in [2.05, 4.69) is 6.92 Å². The lowest BCUT2D eigenvalue weighted by Crippen LogP contribution is -2.12. The Morgan fingerprint density at radius 2 is 1.56 bits per heavy atom. The summed E-state index contributed by atoms with van der Waals surface area (Å²) >= 11 is 0. The molecule has 2 nitrogen and oxygen atoms in total. The largest absolute Gasteiger partial charge is 0.397 e. The summed E-state index contributed by atoms with van der Waals surface area (Å²) in [5.74, 6) is -0.236. The van der Waals surface area contributed by atoms with E-state index in [9.17, 15) is 4.39 Å². The highest BCUT2D eigenvalue weighted by molar-refractivity contribution is 5.75. The topological polar surface area (TPSA) is 29.3 Å². The van der Waals surface area contributed by atoms with Gasteiger partial charge in [-0.05, 0) is 61.4 Å². The van der Waals surface area contributed by atoms with Gasteiger partial charge in [0.05, 0.1) is 11.4 Å². The highest BCUT2D eigenvalue weighted by Gasteiger charge is 2.09. The van der Waals surface area contributed by atoms with Gasteiger partial charge in [-0.1, -0.05) is 0 Å². The van der Waals surface area contributed by atoms with E-state index < -0.39 is 0 Å². The van der Waals surface area contributed by atoms with Crippen molar-refractivity contribution in [1.29, 1.82) is 0 Å². The first kappa shape index (κ1) is 12.4. The molecule has 0 aromatic heterocycles. The summed E-state index contributed by atoms with van der Waals surface area (Å²) in [4.78, 5) is 1.96. The minimum atomic E-state index is -0.236. The van der Waals surface area contributed by atoms with Crippen molar-refractivity contribution in [2.24, 2.45) is 0 Å². The first-order valence-electron chi connectivity index (χ1n) is 5.85. The van der Waals surface area contributed by atoms with E-state index in [4.69, 9.17) is 5.73 Å².